The normalized spacial score (nSPS) is 27.5. The fourth-order valence-electron chi connectivity index (χ4n) is 6.56. The quantitative estimate of drug-likeness (QED) is 0.198. The van der Waals surface area contributed by atoms with E-state index in [1.165, 1.54) is 4.90 Å². The minimum absolute atomic E-state index is 0.206. The van der Waals surface area contributed by atoms with E-state index in [9.17, 15) is 33.0 Å². The molecule has 2 amide bonds. The average Bonchev–Trinajstić information content (AvgIpc) is 3.44. The summed E-state index contributed by atoms with van der Waals surface area (Å²) in [6.45, 7) is 3.92. The Labute approximate surface area is 254 Å². The number of alkyl halides is 3. The van der Waals surface area contributed by atoms with Gasteiger partial charge in [0.1, 0.15) is 17.5 Å². The lowest BCUT2D eigenvalue weighted by molar-refractivity contribution is -0.232. The van der Waals surface area contributed by atoms with Gasteiger partial charge in [0.05, 0.1) is 29.8 Å². The smallest absolute Gasteiger partial charge is 0.416 e. The standard InChI is InChI=1S/C28H32F3N9O5/c1-25(2)7-9-45-19-14(4-3-5-15(19)25)21(41)37-18-12-40-24(33)36-17(20-26(40,27(18,43)44)39-23(32)38-20)11-35-22(42)16-10-13(6-8-34-16)28(29,30)31/h3-6,8,10,17-18,20,43-44H,7,9,11-12H2,1-2H3,(H2,33,36)(H,35,42)(H,37,41)(H3,32,38,39). The maximum absolute atomic E-state index is 13.6. The maximum atomic E-state index is 13.6. The lowest BCUT2D eigenvalue weighted by atomic mass is 9.79. The van der Waals surface area contributed by atoms with E-state index in [2.05, 4.69) is 31.6 Å². The first-order valence-corrected chi connectivity index (χ1v) is 14.2. The Bertz CT molecular complexity index is 1600. The fourth-order valence-corrected chi connectivity index (χ4v) is 6.56. The zero-order chi connectivity index (χ0) is 32.5. The van der Waals surface area contributed by atoms with Crippen molar-refractivity contribution in [1.29, 1.82) is 10.8 Å². The van der Waals surface area contributed by atoms with E-state index in [4.69, 9.17) is 15.6 Å². The molecule has 1 spiro atoms. The number of benzene rings is 1. The van der Waals surface area contributed by atoms with E-state index in [1.54, 1.807) is 12.1 Å². The minimum atomic E-state index is -4.68. The molecule has 14 nitrogen and oxygen atoms in total. The monoisotopic (exact) mass is 631 g/mol. The summed E-state index contributed by atoms with van der Waals surface area (Å²) in [6, 6.07) is 3.08. The molecule has 0 aliphatic carbocycles. The van der Waals surface area contributed by atoms with E-state index in [0.29, 0.717) is 18.4 Å². The Morgan fingerprint density at radius 2 is 1.93 bits per heavy atom. The summed E-state index contributed by atoms with van der Waals surface area (Å²) in [5, 5.41) is 53.8. The van der Waals surface area contributed by atoms with E-state index in [0.717, 1.165) is 24.2 Å². The number of aliphatic hydroxyl groups is 2. The summed E-state index contributed by atoms with van der Waals surface area (Å²) in [5.41, 5.74) is -2.70. The summed E-state index contributed by atoms with van der Waals surface area (Å²) in [7, 11) is 0. The summed E-state index contributed by atoms with van der Waals surface area (Å²) in [4.78, 5) is 31.3. The predicted molar refractivity (Wildman–Crippen MR) is 151 cm³/mol. The number of para-hydroxylation sites is 1. The molecule has 4 aliphatic rings. The third kappa shape index (κ3) is 4.77. The number of guanidine groups is 2. The molecule has 9 N–H and O–H groups in total. The number of nitrogens with zero attached hydrogens (tertiary/aromatic N) is 2. The first-order chi connectivity index (χ1) is 21.1. The molecule has 5 heterocycles. The van der Waals surface area contributed by atoms with Crippen LogP contribution in [0.3, 0.4) is 0 Å². The van der Waals surface area contributed by atoms with Crippen molar-refractivity contribution >= 4 is 23.7 Å². The van der Waals surface area contributed by atoms with Gasteiger partial charge in [0.25, 0.3) is 11.8 Å². The lowest BCUT2D eigenvalue weighted by Gasteiger charge is -2.51. The van der Waals surface area contributed by atoms with Crippen molar-refractivity contribution in [2.45, 2.75) is 61.4 Å². The molecule has 1 aromatic carbocycles. The van der Waals surface area contributed by atoms with Crippen LogP contribution >= 0.6 is 0 Å². The number of rotatable bonds is 5. The van der Waals surface area contributed by atoms with Crippen molar-refractivity contribution < 1.29 is 37.7 Å². The van der Waals surface area contributed by atoms with Gasteiger partial charge in [-0.2, -0.15) is 13.2 Å². The summed E-state index contributed by atoms with van der Waals surface area (Å²) in [6.07, 6.45) is -3.07. The van der Waals surface area contributed by atoms with Crippen LogP contribution in [-0.2, 0) is 11.6 Å². The number of amides is 2. The van der Waals surface area contributed by atoms with Gasteiger partial charge in [-0.3, -0.25) is 25.4 Å². The highest BCUT2D eigenvalue weighted by atomic mass is 19.4. The van der Waals surface area contributed by atoms with Crippen molar-refractivity contribution in [3.8, 4) is 5.75 Å². The van der Waals surface area contributed by atoms with Crippen LogP contribution in [-0.4, -0.2) is 93.1 Å². The van der Waals surface area contributed by atoms with Crippen LogP contribution in [0.1, 0.15) is 52.2 Å². The van der Waals surface area contributed by atoms with E-state index >= 15 is 0 Å². The second-order valence-corrected chi connectivity index (χ2v) is 12.2. The molecule has 4 unspecified atom stereocenters. The Hall–Kier alpha value is -4.64. The molecular weight excluding hydrogens is 599 g/mol. The summed E-state index contributed by atoms with van der Waals surface area (Å²) < 4.78 is 45.2. The number of pyridine rings is 1. The predicted octanol–water partition coefficient (Wildman–Crippen LogP) is -0.216. The molecule has 17 heteroatoms. The Balaban J connectivity index is 1.24. The van der Waals surface area contributed by atoms with Gasteiger partial charge in [-0.15, -0.1) is 0 Å². The van der Waals surface area contributed by atoms with Crippen LogP contribution in [0, 0.1) is 10.8 Å². The van der Waals surface area contributed by atoms with Gasteiger partial charge in [0.2, 0.25) is 5.79 Å². The molecule has 3 saturated heterocycles. The Morgan fingerprint density at radius 1 is 1.18 bits per heavy atom. The van der Waals surface area contributed by atoms with Crippen LogP contribution in [0.4, 0.5) is 13.2 Å². The van der Waals surface area contributed by atoms with Crippen LogP contribution in [0.15, 0.2) is 36.5 Å². The topological polar surface area (TPSA) is 208 Å². The van der Waals surface area contributed by atoms with Crippen molar-refractivity contribution in [2.75, 3.05) is 19.7 Å². The third-order valence-electron chi connectivity index (χ3n) is 8.97. The van der Waals surface area contributed by atoms with E-state index in [-0.39, 0.29) is 36.0 Å². The molecule has 240 valence electrons. The van der Waals surface area contributed by atoms with Gasteiger partial charge in [-0.1, -0.05) is 26.0 Å². The first-order valence-electron chi connectivity index (χ1n) is 14.2. The SMILES string of the molecule is CC1(C)CCOc2c(C(=O)NC3CN4C(=N)NC(CNC(=O)c5cc(C(F)(F)F)ccn5)C5NC(=N)NC54C3(O)O)cccc21. The van der Waals surface area contributed by atoms with Crippen LogP contribution in [0.5, 0.6) is 5.75 Å². The molecular formula is C28H32F3N9O5. The molecule has 4 atom stereocenters. The van der Waals surface area contributed by atoms with Crippen LogP contribution < -0.4 is 31.3 Å². The van der Waals surface area contributed by atoms with Crippen LogP contribution in [0.25, 0.3) is 0 Å². The molecule has 0 radical (unpaired) electrons. The number of carbonyl (C=O) groups is 2. The number of nitrogens with one attached hydrogen (secondary N) is 7. The van der Waals surface area contributed by atoms with E-state index < -0.39 is 58.8 Å². The average molecular weight is 632 g/mol. The number of ether oxygens (including phenoxy) is 1. The summed E-state index contributed by atoms with van der Waals surface area (Å²) in [5.74, 6) is -4.56. The van der Waals surface area contributed by atoms with Crippen molar-refractivity contribution in [3.63, 3.8) is 0 Å². The number of fused-ring (bicyclic) bond motifs is 1. The zero-order valence-electron chi connectivity index (χ0n) is 24.2. The zero-order valence-corrected chi connectivity index (χ0v) is 24.2. The maximum Gasteiger partial charge on any atom is 0.416 e. The Kier molecular flexibility index (Phi) is 6.89. The lowest BCUT2D eigenvalue weighted by Crippen LogP contribution is -2.81. The summed E-state index contributed by atoms with van der Waals surface area (Å²) >= 11 is 0. The van der Waals surface area contributed by atoms with E-state index in [1.807, 2.05) is 19.9 Å². The van der Waals surface area contributed by atoms with Crippen molar-refractivity contribution in [3.05, 3.63) is 58.9 Å². The van der Waals surface area contributed by atoms with Gasteiger partial charge in [0.15, 0.2) is 17.6 Å². The second-order valence-electron chi connectivity index (χ2n) is 12.2. The van der Waals surface area contributed by atoms with Crippen molar-refractivity contribution in [2.24, 2.45) is 0 Å². The van der Waals surface area contributed by atoms with Crippen molar-refractivity contribution in [1.82, 2.24) is 36.5 Å². The number of hydrogen-bond donors (Lipinski definition) is 9. The van der Waals surface area contributed by atoms with Gasteiger partial charge >= 0.3 is 6.18 Å². The molecule has 0 bridgehead atoms. The molecule has 4 aliphatic heterocycles. The van der Waals surface area contributed by atoms with Crippen LogP contribution in [0.2, 0.25) is 0 Å². The largest absolute Gasteiger partial charge is 0.492 e. The minimum Gasteiger partial charge on any atom is -0.492 e. The number of hydrogen-bond acceptors (Lipinski definition) is 8. The van der Waals surface area contributed by atoms with Gasteiger partial charge in [0, 0.05) is 24.8 Å². The highest BCUT2D eigenvalue weighted by Crippen LogP contribution is 2.44. The highest BCUT2D eigenvalue weighted by Gasteiger charge is 2.74. The highest BCUT2D eigenvalue weighted by molar-refractivity contribution is 5.98. The van der Waals surface area contributed by atoms with Gasteiger partial charge < -0.3 is 46.4 Å². The fraction of sp³-hybridized carbons (Fsp3) is 0.464. The first kappa shape index (κ1) is 30.4. The molecule has 2 aromatic rings. The van der Waals surface area contributed by atoms with Gasteiger partial charge in [-0.05, 0) is 30.0 Å². The molecule has 1 aromatic heterocycles. The third-order valence-corrected chi connectivity index (χ3v) is 8.97. The molecule has 3 fully saturated rings. The molecule has 6 rings (SSSR count). The molecule has 45 heavy (non-hydrogen) atoms. The second kappa shape index (κ2) is 10.2. The van der Waals surface area contributed by atoms with Gasteiger partial charge in [-0.25, -0.2) is 0 Å². The number of carbonyl (C=O) groups excluding carboxylic acids is 2. The molecule has 0 saturated carbocycles. The number of halogens is 3. The Morgan fingerprint density at radius 3 is 2.67 bits per heavy atom. The number of aromatic nitrogens is 1.